The Hall–Kier alpha value is -1.99. The minimum Gasteiger partial charge on any atom is -0.506 e. The number of phenolic OH excluding ortho intramolecular Hbond substituents is 1. The van der Waals surface area contributed by atoms with Gasteiger partial charge in [0.2, 0.25) is 9.84 Å². The Bertz CT molecular complexity index is 1070. The molecule has 9 nitrogen and oxygen atoms in total. The molecule has 0 saturated heterocycles. The summed E-state index contributed by atoms with van der Waals surface area (Å²) in [5, 5.41) is 9.45. The van der Waals surface area contributed by atoms with E-state index in [1.807, 2.05) is 0 Å². The van der Waals surface area contributed by atoms with Crippen LogP contribution >= 0.6 is 0 Å². The molecule has 0 aliphatic rings. The lowest BCUT2D eigenvalue weighted by Gasteiger charge is -2.09. The molecule has 136 valence electrons. The molecule has 0 heterocycles. The highest BCUT2D eigenvalue weighted by Gasteiger charge is 2.25. The van der Waals surface area contributed by atoms with Crippen LogP contribution in [0.4, 0.5) is 0 Å². The van der Waals surface area contributed by atoms with Crippen molar-refractivity contribution >= 4 is 30.1 Å². The second kappa shape index (κ2) is 6.07. The SMILES string of the molecule is Cc1ccc(S(=O)(=O)c2ccc(O)c(S(=O)(=O)O)c2)cc1S(=O)(=O)O. The summed E-state index contributed by atoms with van der Waals surface area (Å²) in [6.45, 7) is 1.34. The topological polar surface area (TPSA) is 163 Å². The first-order chi connectivity index (χ1) is 11.2. The lowest BCUT2D eigenvalue weighted by Crippen LogP contribution is -2.08. The Morgan fingerprint density at radius 2 is 1.16 bits per heavy atom. The second-order valence-corrected chi connectivity index (χ2v) is 9.74. The van der Waals surface area contributed by atoms with Crippen molar-refractivity contribution in [3.05, 3.63) is 42.0 Å². The lowest BCUT2D eigenvalue weighted by atomic mass is 10.2. The van der Waals surface area contributed by atoms with Gasteiger partial charge in [0.05, 0.1) is 14.7 Å². The van der Waals surface area contributed by atoms with Crippen molar-refractivity contribution in [3.63, 3.8) is 0 Å². The largest absolute Gasteiger partial charge is 0.506 e. The van der Waals surface area contributed by atoms with Crippen LogP contribution in [0.25, 0.3) is 0 Å². The van der Waals surface area contributed by atoms with Crippen LogP contribution in [0.5, 0.6) is 5.75 Å². The molecular weight excluding hydrogens is 396 g/mol. The average molecular weight is 408 g/mol. The molecule has 0 aliphatic carbocycles. The second-order valence-electron chi connectivity index (χ2n) is 5.01. The number of rotatable bonds is 4. The van der Waals surface area contributed by atoms with Crippen LogP contribution in [0.3, 0.4) is 0 Å². The number of aryl methyl sites for hydroxylation is 1. The minimum absolute atomic E-state index is 0.103. The molecule has 0 radical (unpaired) electrons. The van der Waals surface area contributed by atoms with E-state index < -0.39 is 55.4 Å². The van der Waals surface area contributed by atoms with Gasteiger partial charge in [-0.1, -0.05) is 6.07 Å². The summed E-state index contributed by atoms with van der Waals surface area (Å²) in [6, 6.07) is 5.12. The van der Waals surface area contributed by atoms with Gasteiger partial charge in [0, 0.05) is 0 Å². The molecule has 2 rings (SSSR count). The molecule has 25 heavy (non-hydrogen) atoms. The third-order valence-corrected chi connectivity index (χ3v) is 6.89. The minimum atomic E-state index is -4.89. The van der Waals surface area contributed by atoms with Crippen LogP contribution in [0, 0.1) is 6.92 Å². The van der Waals surface area contributed by atoms with Gasteiger partial charge in [-0.05, 0) is 42.8 Å². The van der Waals surface area contributed by atoms with E-state index in [1.54, 1.807) is 0 Å². The molecule has 0 atom stereocenters. The summed E-state index contributed by atoms with van der Waals surface area (Å²) in [5.74, 6) is -0.857. The molecule has 0 bridgehead atoms. The molecule has 3 N–H and O–H groups in total. The standard InChI is InChI=1S/C13H12O9S3/c1-8-2-3-9(6-12(8)24(17,18)19)23(15,16)10-4-5-11(14)13(7-10)25(20,21)22/h2-7,14H,1H3,(H,17,18,19)(H,20,21,22). The molecule has 0 amide bonds. The zero-order valence-electron chi connectivity index (χ0n) is 12.5. The first-order valence-electron chi connectivity index (χ1n) is 6.38. The number of benzene rings is 2. The molecule has 2 aromatic rings. The number of phenols is 1. The highest BCUT2D eigenvalue weighted by molar-refractivity contribution is 7.91. The molecule has 0 aliphatic heterocycles. The summed E-state index contributed by atoms with van der Waals surface area (Å²) < 4.78 is 88.3. The smallest absolute Gasteiger partial charge is 0.298 e. The summed E-state index contributed by atoms with van der Waals surface area (Å²) in [6.07, 6.45) is 0. The number of hydrogen-bond donors (Lipinski definition) is 3. The Kier molecular flexibility index (Phi) is 4.69. The maximum atomic E-state index is 12.6. The molecule has 0 fully saturated rings. The maximum absolute atomic E-state index is 12.6. The fourth-order valence-electron chi connectivity index (χ4n) is 2.03. The summed E-state index contributed by atoms with van der Waals surface area (Å²) in [5.41, 5.74) is 0.103. The van der Waals surface area contributed by atoms with Crippen molar-refractivity contribution in [2.75, 3.05) is 0 Å². The lowest BCUT2D eigenvalue weighted by molar-refractivity contribution is 0.442. The van der Waals surface area contributed by atoms with Gasteiger partial charge in [-0.15, -0.1) is 0 Å². The van der Waals surface area contributed by atoms with Gasteiger partial charge < -0.3 is 5.11 Å². The molecule has 0 aromatic heterocycles. The van der Waals surface area contributed by atoms with Gasteiger partial charge >= 0.3 is 0 Å². The zero-order chi connectivity index (χ0) is 19.2. The number of hydrogen-bond acceptors (Lipinski definition) is 7. The monoisotopic (exact) mass is 408 g/mol. The van der Waals surface area contributed by atoms with Crippen LogP contribution in [0.1, 0.15) is 5.56 Å². The third-order valence-electron chi connectivity index (χ3n) is 3.27. The van der Waals surface area contributed by atoms with Gasteiger partial charge in [-0.3, -0.25) is 9.11 Å². The highest BCUT2D eigenvalue weighted by Crippen LogP contribution is 2.30. The van der Waals surface area contributed by atoms with E-state index in [9.17, 15) is 30.4 Å². The predicted molar refractivity (Wildman–Crippen MR) is 84.4 cm³/mol. The molecule has 2 aromatic carbocycles. The van der Waals surface area contributed by atoms with Gasteiger partial charge in [0.15, 0.2) is 0 Å². The predicted octanol–water partition coefficient (Wildman–Crippen LogP) is 1.03. The van der Waals surface area contributed by atoms with E-state index in [2.05, 4.69) is 0 Å². The highest BCUT2D eigenvalue weighted by atomic mass is 32.2. The Balaban J connectivity index is 2.73. The van der Waals surface area contributed by atoms with Crippen molar-refractivity contribution in [2.24, 2.45) is 0 Å². The summed E-state index contributed by atoms with van der Waals surface area (Å²) in [7, 11) is -14.0. The van der Waals surface area contributed by atoms with E-state index in [0.717, 1.165) is 30.3 Å². The Labute approximate surface area is 144 Å². The fourth-order valence-corrected chi connectivity index (χ4v) is 4.85. The summed E-state index contributed by atoms with van der Waals surface area (Å²) in [4.78, 5) is -2.78. The van der Waals surface area contributed by atoms with Gasteiger partial charge in [0.1, 0.15) is 10.6 Å². The van der Waals surface area contributed by atoms with Crippen molar-refractivity contribution in [1.82, 2.24) is 0 Å². The van der Waals surface area contributed by atoms with Crippen LogP contribution in [-0.4, -0.2) is 39.5 Å². The van der Waals surface area contributed by atoms with Crippen molar-refractivity contribution < 1.29 is 39.5 Å². The van der Waals surface area contributed by atoms with Gasteiger partial charge in [-0.2, -0.15) is 16.8 Å². The van der Waals surface area contributed by atoms with E-state index in [1.165, 1.54) is 6.92 Å². The van der Waals surface area contributed by atoms with E-state index >= 15 is 0 Å². The Morgan fingerprint density at radius 3 is 1.64 bits per heavy atom. The Morgan fingerprint density at radius 1 is 0.720 bits per heavy atom. The van der Waals surface area contributed by atoms with Crippen LogP contribution in [0.15, 0.2) is 56.0 Å². The van der Waals surface area contributed by atoms with Crippen LogP contribution in [-0.2, 0) is 30.1 Å². The first kappa shape index (κ1) is 19.3. The third kappa shape index (κ3) is 3.82. The number of aromatic hydroxyl groups is 1. The quantitative estimate of drug-likeness (QED) is 0.627. The number of sulfone groups is 1. The molecule has 0 unspecified atom stereocenters. The first-order valence-corrected chi connectivity index (χ1v) is 10.7. The van der Waals surface area contributed by atoms with Crippen molar-refractivity contribution in [1.29, 1.82) is 0 Å². The molecule has 12 heteroatoms. The molecule has 0 saturated carbocycles. The van der Waals surface area contributed by atoms with E-state index in [4.69, 9.17) is 9.11 Å². The fraction of sp³-hybridized carbons (Fsp3) is 0.0769. The van der Waals surface area contributed by atoms with Crippen molar-refractivity contribution in [3.8, 4) is 5.75 Å². The van der Waals surface area contributed by atoms with Gasteiger partial charge in [-0.25, -0.2) is 8.42 Å². The summed E-state index contributed by atoms with van der Waals surface area (Å²) >= 11 is 0. The molecular formula is C13H12O9S3. The van der Waals surface area contributed by atoms with Crippen molar-refractivity contribution in [2.45, 2.75) is 26.5 Å². The maximum Gasteiger partial charge on any atom is 0.298 e. The van der Waals surface area contributed by atoms with Gasteiger partial charge in [0.25, 0.3) is 20.2 Å². The van der Waals surface area contributed by atoms with E-state index in [0.29, 0.717) is 6.07 Å². The van der Waals surface area contributed by atoms with E-state index in [-0.39, 0.29) is 5.56 Å². The average Bonchev–Trinajstić information content (AvgIpc) is 2.45. The molecule has 0 spiro atoms. The van der Waals surface area contributed by atoms with Crippen LogP contribution in [0.2, 0.25) is 0 Å². The zero-order valence-corrected chi connectivity index (χ0v) is 14.9. The van der Waals surface area contributed by atoms with Crippen LogP contribution < -0.4 is 0 Å². The normalized spacial score (nSPS) is 12.9.